The highest BCUT2D eigenvalue weighted by Crippen LogP contribution is 2.66. The molecule has 172 valence electrons. The molecule has 5 nitrogen and oxygen atoms in total. The summed E-state index contributed by atoms with van der Waals surface area (Å²) in [6.07, 6.45) is 12.2. The summed E-state index contributed by atoms with van der Waals surface area (Å²) in [6, 6.07) is 12.3. The van der Waals surface area contributed by atoms with Gasteiger partial charge in [-0.15, -0.1) is 6.58 Å². The Morgan fingerprint density at radius 1 is 1.12 bits per heavy atom. The van der Waals surface area contributed by atoms with Gasteiger partial charge in [-0.2, -0.15) is 0 Å². The SMILES string of the molecule is C=CCNC(=O)[C@@]1(Cc2ccccc2-c2ccncc2)CCCN(C(=O)[C@@H]2CC23CCC3)C1. The van der Waals surface area contributed by atoms with Crippen molar-refractivity contribution >= 4 is 11.8 Å². The molecule has 2 saturated carbocycles. The number of rotatable bonds is 7. The molecule has 5 heteroatoms. The zero-order valence-corrected chi connectivity index (χ0v) is 19.3. The molecule has 2 amide bonds. The van der Waals surface area contributed by atoms with Crippen LogP contribution >= 0.6 is 0 Å². The van der Waals surface area contributed by atoms with E-state index in [0.717, 1.165) is 42.5 Å². The predicted molar refractivity (Wildman–Crippen MR) is 129 cm³/mol. The van der Waals surface area contributed by atoms with Crippen LogP contribution < -0.4 is 5.32 Å². The molecule has 2 aromatic rings. The van der Waals surface area contributed by atoms with Crippen LogP contribution in [0.5, 0.6) is 0 Å². The van der Waals surface area contributed by atoms with Gasteiger partial charge in [0.2, 0.25) is 11.8 Å². The normalized spacial score (nSPS) is 25.2. The van der Waals surface area contributed by atoms with Crippen LogP contribution in [-0.2, 0) is 16.0 Å². The molecule has 5 rings (SSSR count). The number of benzene rings is 1. The first kappa shape index (κ1) is 21.9. The molecular formula is C28H33N3O2. The average molecular weight is 444 g/mol. The minimum Gasteiger partial charge on any atom is -0.352 e. The van der Waals surface area contributed by atoms with Crippen molar-refractivity contribution in [3.63, 3.8) is 0 Å². The lowest BCUT2D eigenvalue weighted by Crippen LogP contribution is -2.55. The van der Waals surface area contributed by atoms with Crippen LogP contribution in [0.4, 0.5) is 0 Å². The van der Waals surface area contributed by atoms with Crippen molar-refractivity contribution < 1.29 is 9.59 Å². The predicted octanol–water partition coefficient (Wildman–Crippen LogP) is 4.39. The molecule has 1 N–H and O–H groups in total. The molecule has 1 aromatic carbocycles. The maximum atomic E-state index is 13.6. The average Bonchev–Trinajstić information content (AvgIpc) is 3.60. The molecule has 0 bridgehead atoms. The Morgan fingerprint density at radius 3 is 2.61 bits per heavy atom. The summed E-state index contributed by atoms with van der Waals surface area (Å²) in [4.78, 5) is 33.1. The monoisotopic (exact) mass is 443 g/mol. The van der Waals surface area contributed by atoms with Gasteiger partial charge in [0.25, 0.3) is 0 Å². The van der Waals surface area contributed by atoms with E-state index >= 15 is 0 Å². The Kier molecular flexibility index (Phi) is 5.81. The minimum absolute atomic E-state index is 0.0265. The number of carbonyl (C=O) groups excluding carboxylic acids is 2. The zero-order chi connectivity index (χ0) is 22.9. The number of likely N-dealkylation sites (tertiary alicyclic amines) is 1. The molecule has 1 spiro atoms. The van der Waals surface area contributed by atoms with Crippen molar-refractivity contribution in [2.45, 2.75) is 44.9 Å². The summed E-state index contributed by atoms with van der Waals surface area (Å²) in [6.45, 7) is 5.45. The van der Waals surface area contributed by atoms with E-state index < -0.39 is 5.41 Å². The second-order valence-corrected chi connectivity index (χ2v) is 10.2. The van der Waals surface area contributed by atoms with Crippen LogP contribution in [0.25, 0.3) is 11.1 Å². The second-order valence-electron chi connectivity index (χ2n) is 10.2. The standard InChI is InChI=1S/C28H33N3O2/c1-2-14-30-26(33)28(18-22-7-3-4-8-23(22)21-9-15-29-16-10-21)13-6-17-31(20-28)25(32)24-19-27(24)11-5-12-27/h2-4,7-10,15-16,24H,1,5-6,11-14,17-20H2,(H,30,33)/t24-,28+/m0/s1. The third kappa shape index (κ3) is 4.09. The molecule has 1 saturated heterocycles. The summed E-state index contributed by atoms with van der Waals surface area (Å²) in [5.74, 6) is 0.485. The van der Waals surface area contributed by atoms with Crippen molar-refractivity contribution in [1.82, 2.24) is 15.2 Å². The molecule has 0 radical (unpaired) electrons. The molecule has 1 aliphatic heterocycles. The van der Waals surface area contributed by atoms with Crippen molar-refractivity contribution in [1.29, 1.82) is 0 Å². The Labute approximate surface area is 196 Å². The van der Waals surface area contributed by atoms with Crippen LogP contribution in [0.15, 0.2) is 61.4 Å². The van der Waals surface area contributed by atoms with Gasteiger partial charge in [0.05, 0.1) is 5.41 Å². The van der Waals surface area contributed by atoms with E-state index in [1.165, 1.54) is 19.3 Å². The van der Waals surface area contributed by atoms with Gasteiger partial charge in [0.15, 0.2) is 0 Å². The molecular weight excluding hydrogens is 410 g/mol. The first-order valence-corrected chi connectivity index (χ1v) is 12.2. The van der Waals surface area contributed by atoms with Gasteiger partial charge in [-0.3, -0.25) is 14.6 Å². The van der Waals surface area contributed by atoms with Crippen LogP contribution in [0.3, 0.4) is 0 Å². The number of nitrogens with one attached hydrogen (secondary N) is 1. The second kappa shape index (κ2) is 8.77. The van der Waals surface area contributed by atoms with Gasteiger partial charge in [-0.1, -0.05) is 36.8 Å². The van der Waals surface area contributed by atoms with E-state index in [1.807, 2.05) is 29.2 Å². The molecule has 2 aliphatic carbocycles. The number of nitrogens with zero attached hydrogens (tertiary/aromatic N) is 2. The molecule has 2 atom stereocenters. The number of aromatic nitrogens is 1. The highest BCUT2D eigenvalue weighted by atomic mass is 16.2. The van der Waals surface area contributed by atoms with E-state index in [9.17, 15) is 9.59 Å². The largest absolute Gasteiger partial charge is 0.352 e. The summed E-state index contributed by atoms with van der Waals surface area (Å²) >= 11 is 0. The minimum atomic E-state index is -0.637. The summed E-state index contributed by atoms with van der Waals surface area (Å²) in [5.41, 5.74) is 3.01. The van der Waals surface area contributed by atoms with E-state index in [2.05, 4.69) is 29.0 Å². The van der Waals surface area contributed by atoms with Crippen LogP contribution in [0.2, 0.25) is 0 Å². The van der Waals surface area contributed by atoms with Gasteiger partial charge in [0.1, 0.15) is 0 Å². The fourth-order valence-corrected chi connectivity index (χ4v) is 6.03. The third-order valence-electron chi connectivity index (χ3n) is 8.15. The van der Waals surface area contributed by atoms with E-state index in [-0.39, 0.29) is 17.7 Å². The number of carbonyl (C=O) groups is 2. The fraction of sp³-hybridized carbons (Fsp3) is 0.464. The number of hydrogen-bond donors (Lipinski definition) is 1. The topological polar surface area (TPSA) is 62.3 Å². The maximum Gasteiger partial charge on any atom is 0.228 e. The van der Waals surface area contributed by atoms with Gasteiger partial charge in [-0.25, -0.2) is 0 Å². The van der Waals surface area contributed by atoms with Gasteiger partial charge in [0, 0.05) is 37.9 Å². The Balaban J connectivity index is 1.43. The highest BCUT2D eigenvalue weighted by Gasteiger charge is 2.62. The quantitative estimate of drug-likeness (QED) is 0.646. The highest BCUT2D eigenvalue weighted by molar-refractivity contribution is 5.87. The Bertz CT molecular complexity index is 1050. The molecule has 1 aromatic heterocycles. The lowest BCUT2D eigenvalue weighted by atomic mass is 9.72. The number of pyridine rings is 1. The van der Waals surface area contributed by atoms with E-state index in [4.69, 9.17) is 0 Å². The molecule has 3 fully saturated rings. The first-order valence-electron chi connectivity index (χ1n) is 12.2. The molecule has 3 aliphatic rings. The lowest BCUT2D eigenvalue weighted by Gasteiger charge is -2.42. The summed E-state index contributed by atoms with van der Waals surface area (Å²) < 4.78 is 0. The molecule has 33 heavy (non-hydrogen) atoms. The van der Waals surface area contributed by atoms with Crippen molar-refractivity contribution in [2.24, 2.45) is 16.7 Å². The maximum absolute atomic E-state index is 13.6. The Hall–Kier alpha value is -2.95. The lowest BCUT2D eigenvalue weighted by molar-refractivity contribution is -0.143. The van der Waals surface area contributed by atoms with Crippen molar-refractivity contribution in [2.75, 3.05) is 19.6 Å². The third-order valence-corrected chi connectivity index (χ3v) is 8.15. The van der Waals surface area contributed by atoms with E-state index in [0.29, 0.717) is 24.9 Å². The number of hydrogen-bond acceptors (Lipinski definition) is 3. The van der Waals surface area contributed by atoms with Crippen LogP contribution in [-0.4, -0.2) is 41.3 Å². The smallest absolute Gasteiger partial charge is 0.228 e. The van der Waals surface area contributed by atoms with Crippen LogP contribution in [0, 0.1) is 16.7 Å². The zero-order valence-electron chi connectivity index (χ0n) is 19.3. The fourth-order valence-electron chi connectivity index (χ4n) is 6.03. The summed E-state index contributed by atoms with van der Waals surface area (Å²) in [5, 5.41) is 3.06. The molecule has 2 heterocycles. The van der Waals surface area contributed by atoms with Crippen LogP contribution in [0.1, 0.15) is 44.1 Å². The van der Waals surface area contributed by atoms with Gasteiger partial charge in [-0.05, 0) is 72.8 Å². The molecule has 0 unspecified atom stereocenters. The van der Waals surface area contributed by atoms with Crippen molar-refractivity contribution in [3.05, 3.63) is 67.0 Å². The van der Waals surface area contributed by atoms with Gasteiger partial charge < -0.3 is 10.2 Å². The number of piperidine rings is 1. The summed E-state index contributed by atoms with van der Waals surface area (Å²) in [7, 11) is 0. The first-order chi connectivity index (χ1) is 16.1. The van der Waals surface area contributed by atoms with E-state index in [1.54, 1.807) is 18.5 Å². The van der Waals surface area contributed by atoms with Crippen molar-refractivity contribution in [3.8, 4) is 11.1 Å². The van der Waals surface area contributed by atoms with Gasteiger partial charge >= 0.3 is 0 Å². The number of amides is 2. The Morgan fingerprint density at radius 2 is 1.91 bits per heavy atom.